The molecule has 1 N–H and O–H groups in total. The zero-order chi connectivity index (χ0) is 16.5. The molecule has 0 saturated carbocycles. The molecule has 0 bridgehead atoms. The maximum Gasteiger partial charge on any atom is 0.185 e. The Labute approximate surface area is 147 Å². The summed E-state index contributed by atoms with van der Waals surface area (Å²) in [6.45, 7) is 0. The minimum absolute atomic E-state index is 0.516. The zero-order valence-corrected chi connectivity index (χ0v) is 13.7. The van der Waals surface area contributed by atoms with Gasteiger partial charge in [0.05, 0.1) is 15.7 Å². The van der Waals surface area contributed by atoms with Crippen LogP contribution in [0, 0.1) is 0 Å². The minimum Gasteiger partial charge on any atom is -0.336 e. The molecule has 0 atom stereocenters. The van der Waals surface area contributed by atoms with E-state index in [-0.39, 0.29) is 0 Å². The first-order chi connectivity index (χ1) is 11.7. The predicted molar refractivity (Wildman–Crippen MR) is 93.8 cm³/mol. The van der Waals surface area contributed by atoms with E-state index in [0.717, 1.165) is 5.56 Å². The van der Waals surface area contributed by atoms with E-state index in [9.17, 15) is 0 Å². The second-order valence-electron chi connectivity index (χ2n) is 4.97. The van der Waals surface area contributed by atoms with Gasteiger partial charge in [-0.15, -0.1) is 15.3 Å². The third-order valence-corrected chi connectivity index (χ3v) is 4.05. The van der Waals surface area contributed by atoms with Crippen LogP contribution >= 0.6 is 23.2 Å². The maximum atomic E-state index is 6.19. The number of aromatic nitrogens is 5. The van der Waals surface area contributed by atoms with Crippen LogP contribution in [0.1, 0.15) is 0 Å². The Morgan fingerprint density at radius 2 is 1.62 bits per heavy atom. The summed E-state index contributed by atoms with van der Waals surface area (Å²) in [7, 11) is 0. The summed E-state index contributed by atoms with van der Waals surface area (Å²) in [4.78, 5) is 4.01. The van der Waals surface area contributed by atoms with Crippen molar-refractivity contribution in [3.63, 3.8) is 0 Å². The summed E-state index contributed by atoms with van der Waals surface area (Å²) in [5.74, 6) is 1.20. The first-order valence-electron chi connectivity index (χ1n) is 7.06. The van der Waals surface area contributed by atoms with E-state index in [4.69, 9.17) is 23.2 Å². The highest BCUT2D eigenvalue weighted by atomic mass is 35.5. The van der Waals surface area contributed by atoms with Gasteiger partial charge in [-0.25, -0.2) is 0 Å². The quantitative estimate of drug-likeness (QED) is 0.594. The highest BCUT2D eigenvalue weighted by Gasteiger charge is 2.11. The first-order valence-corrected chi connectivity index (χ1v) is 7.82. The standard InChI is InChI=1S/C16H10Cl2N6/c17-11-2-1-3-12(18)15(11)20-13-4-5-14-21-22-16(24(14)23-13)10-6-8-19-9-7-10/h1-9H,(H,20,23). The van der Waals surface area contributed by atoms with E-state index in [1.807, 2.05) is 18.2 Å². The Balaban J connectivity index is 1.78. The molecule has 4 rings (SSSR count). The summed E-state index contributed by atoms with van der Waals surface area (Å²) in [5, 5.41) is 17.0. The fraction of sp³-hybridized carbons (Fsp3) is 0. The van der Waals surface area contributed by atoms with Crippen LogP contribution in [-0.2, 0) is 0 Å². The highest BCUT2D eigenvalue weighted by molar-refractivity contribution is 6.39. The molecule has 0 unspecified atom stereocenters. The molecule has 3 aromatic heterocycles. The molecule has 0 aliphatic carbocycles. The van der Waals surface area contributed by atoms with Gasteiger partial charge in [0.2, 0.25) is 0 Å². The molecule has 1 aromatic carbocycles. The van der Waals surface area contributed by atoms with E-state index < -0.39 is 0 Å². The average Bonchev–Trinajstić information content (AvgIpc) is 3.02. The van der Waals surface area contributed by atoms with Crippen molar-refractivity contribution in [2.75, 3.05) is 5.32 Å². The van der Waals surface area contributed by atoms with Gasteiger partial charge >= 0.3 is 0 Å². The second kappa shape index (κ2) is 6.07. The van der Waals surface area contributed by atoms with Crippen molar-refractivity contribution in [2.45, 2.75) is 0 Å². The van der Waals surface area contributed by atoms with E-state index >= 15 is 0 Å². The molecule has 6 nitrogen and oxygen atoms in total. The Bertz CT molecular complexity index is 995. The fourth-order valence-electron chi connectivity index (χ4n) is 2.28. The SMILES string of the molecule is Clc1cccc(Cl)c1Nc1ccc2nnc(-c3ccncc3)n2n1. The van der Waals surface area contributed by atoms with Gasteiger partial charge in [-0.1, -0.05) is 29.3 Å². The number of nitrogens with one attached hydrogen (secondary N) is 1. The van der Waals surface area contributed by atoms with Crippen LogP contribution in [0.3, 0.4) is 0 Å². The van der Waals surface area contributed by atoms with Gasteiger partial charge in [-0.2, -0.15) is 4.52 Å². The lowest BCUT2D eigenvalue weighted by molar-refractivity contribution is 0.941. The fourth-order valence-corrected chi connectivity index (χ4v) is 2.77. The smallest absolute Gasteiger partial charge is 0.185 e. The van der Waals surface area contributed by atoms with Crippen molar-refractivity contribution in [3.05, 3.63) is 64.9 Å². The van der Waals surface area contributed by atoms with Crippen LogP contribution in [0.2, 0.25) is 10.0 Å². The van der Waals surface area contributed by atoms with Crippen molar-refractivity contribution < 1.29 is 0 Å². The monoisotopic (exact) mass is 356 g/mol. The van der Waals surface area contributed by atoms with Crippen LogP contribution in [-0.4, -0.2) is 24.8 Å². The molecule has 0 aliphatic heterocycles. The molecule has 24 heavy (non-hydrogen) atoms. The molecule has 0 amide bonds. The topological polar surface area (TPSA) is 68.0 Å². The second-order valence-corrected chi connectivity index (χ2v) is 5.78. The van der Waals surface area contributed by atoms with E-state index in [1.165, 1.54) is 0 Å². The van der Waals surface area contributed by atoms with Crippen molar-refractivity contribution in [1.29, 1.82) is 0 Å². The summed E-state index contributed by atoms with van der Waals surface area (Å²) >= 11 is 12.4. The highest BCUT2D eigenvalue weighted by Crippen LogP contribution is 2.32. The summed E-state index contributed by atoms with van der Waals surface area (Å²) in [6.07, 6.45) is 3.39. The van der Waals surface area contributed by atoms with Gasteiger partial charge in [0.15, 0.2) is 17.3 Å². The number of hydrogen-bond acceptors (Lipinski definition) is 5. The van der Waals surface area contributed by atoms with Gasteiger partial charge < -0.3 is 5.32 Å². The van der Waals surface area contributed by atoms with Crippen molar-refractivity contribution in [2.24, 2.45) is 0 Å². The molecule has 0 fully saturated rings. The lowest BCUT2D eigenvalue weighted by Gasteiger charge is -2.09. The summed E-state index contributed by atoms with van der Waals surface area (Å²) < 4.78 is 1.66. The lowest BCUT2D eigenvalue weighted by atomic mass is 10.2. The molecule has 4 aromatic rings. The molecule has 0 saturated heterocycles. The maximum absolute atomic E-state index is 6.19. The Morgan fingerprint density at radius 1 is 0.875 bits per heavy atom. The molecule has 3 heterocycles. The van der Waals surface area contributed by atoms with E-state index in [2.05, 4.69) is 25.6 Å². The zero-order valence-electron chi connectivity index (χ0n) is 12.2. The molecule has 0 aliphatic rings. The number of nitrogens with zero attached hydrogens (tertiary/aromatic N) is 5. The first kappa shape index (κ1) is 14.9. The normalized spacial score (nSPS) is 10.9. The summed E-state index contributed by atoms with van der Waals surface area (Å²) in [6, 6.07) is 12.6. The molecule has 0 radical (unpaired) electrons. The molecular weight excluding hydrogens is 347 g/mol. The molecule has 0 spiro atoms. The number of fused-ring (bicyclic) bond motifs is 1. The lowest BCUT2D eigenvalue weighted by Crippen LogP contribution is -2.01. The van der Waals surface area contributed by atoms with E-state index in [1.54, 1.807) is 41.2 Å². The van der Waals surface area contributed by atoms with Gasteiger partial charge in [0.25, 0.3) is 0 Å². The van der Waals surface area contributed by atoms with Crippen LogP contribution in [0.5, 0.6) is 0 Å². The Morgan fingerprint density at radius 3 is 2.38 bits per heavy atom. The Kier molecular flexibility index (Phi) is 3.76. The van der Waals surface area contributed by atoms with Gasteiger partial charge in [0.1, 0.15) is 0 Å². The van der Waals surface area contributed by atoms with Crippen molar-refractivity contribution in [1.82, 2.24) is 24.8 Å². The number of rotatable bonds is 3. The van der Waals surface area contributed by atoms with Crippen LogP contribution in [0.15, 0.2) is 54.9 Å². The molecular formula is C16H10Cl2N6. The Hall–Kier alpha value is -2.70. The third kappa shape index (κ3) is 2.66. The van der Waals surface area contributed by atoms with Crippen LogP contribution in [0.4, 0.5) is 11.5 Å². The van der Waals surface area contributed by atoms with E-state index in [0.29, 0.717) is 33.0 Å². The van der Waals surface area contributed by atoms with Crippen LogP contribution in [0.25, 0.3) is 17.0 Å². The van der Waals surface area contributed by atoms with Gasteiger partial charge in [-0.3, -0.25) is 4.98 Å². The molecule has 8 heteroatoms. The number of anilines is 2. The van der Waals surface area contributed by atoms with Crippen molar-refractivity contribution >= 4 is 40.4 Å². The van der Waals surface area contributed by atoms with Crippen LogP contribution < -0.4 is 5.32 Å². The third-order valence-electron chi connectivity index (χ3n) is 3.42. The van der Waals surface area contributed by atoms with Gasteiger partial charge in [-0.05, 0) is 36.4 Å². The number of para-hydroxylation sites is 1. The number of benzene rings is 1. The molecule has 118 valence electrons. The number of halogens is 2. The average molecular weight is 357 g/mol. The largest absolute Gasteiger partial charge is 0.336 e. The van der Waals surface area contributed by atoms with Gasteiger partial charge in [0, 0.05) is 18.0 Å². The number of pyridine rings is 1. The minimum atomic E-state index is 0.516. The summed E-state index contributed by atoms with van der Waals surface area (Å²) in [5.41, 5.74) is 2.11. The predicted octanol–water partition coefficient (Wildman–Crippen LogP) is 4.24. The van der Waals surface area contributed by atoms with Crippen molar-refractivity contribution in [3.8, 4) is 11.4 Å². The number of hydrogen-bond donors (Lipinski definition) is 1.